The highest BCUT2D eigenvalue weighted by Crippen LogP contribution is 2.41. The standard InChI is InChI=1S/C27H21ClN4O5S/c1-4-16-8-9-17(12-24(16)37-26-21(28)6-5-7-23(26)30-2)18-13-25(33)32(15-18)19-10-11-22(31-38(3,35)36)20(14-19)27(29)34/h1,5-12,14,18,31H,13,15H2,3H3,(H2,29,34)/t18-/m0/s1. The SMILES string of the molecule is [C-]#[N+]c1cccc(Cl)c1Oc1cc([C@H]2CC(=O)N(c3ccc(NS(C)(=O)=O)c(C(N)=O)c3)C2)ccc1C#C. The van der Waals surface area contributed by atoms with Gasteiger partial charge in [-0.05, 0) is 42.0 Å². The van der Waals surface area contributed by atoms with E-state index in [-0.39, 0.29) is 52.5 Å². The van der Waals surface area contributed by atoms with Crippen molar-refractivity contribution in [2.75, 3.05) is 22.4 Å². The van der Waals surface area contributed by atoms with Crippen molar-refractivity contribution in [3.05, 3.63) is 87.7 Å². The molecule has 38 heavy (non-hydrogen) atoms. The average molecular weight is 549 g/mol. The maximum absolute atomic E-state index is 13.0. The molecule has 0 bridgehead atoms. The second kappa shape index (κ2) is 10.5. The van der Waals surface area contributed by atoms with E-state index in [4.69, 9.17) is 35.1 Å². The van der Waals surface area contributed by atoms with Crippen molar-refractivity contribution >= 4 is 50.5 Å². The van der Waals surface area contributed by atoms with Gasteiger partial charge >= 0.3 is 0 Å². The molecule has 1 atom stereocenters. The van der Waals surface area contributed by atoms with E-state index in [0.29, 0.717) is 17.0 Å². The van der Waals surface area contributed by atoms with Crippen LogP contribution in [0.15, 0.2) is 54.6 Å². The summed E-state index contributed by atoms with van der Waals surface area (Å²) in [5.41, 5.74) is 7.28. The second-order valence-electron chi connectivity index (χ2n) is 8.58. The number of halogens is 1. The fraction of sp³-hybridized carbons (Fsp3) is 0.148. The van der Waals surface area contributed by atoms with Crippen LogP contribution in [0.4, 0.5) is 17.1 Å². The average Bonchev–Trinajstić information content (AvgIpc) is 3.25. The van der Waals surface area contributed by atoms with Crippen molar-refractivity contribution < 1.29 is 22.7 Å². The highest BCUT2D eigenvalue weighted by Gasteiger charge is 2.33. The van der Waals surface area contributed by atoms with E-state index >= 15 is 0 Å². The minimum atomic E-state index is -3.65. The fourth-order valence-corrected chi connectivity index (χ4v) is 4.95. The zero-order valence-corrected chi connectivity index (χ0v) is 21.6. The van der Waals surface area contributed by atoms with Gasteiger partial charge < -0.3 is 15.4 Å². The van der Waals surface area contributed by atoms with Crippen LogP contribution in [0.1, 0.15) is 33.8 Å². The molecule has 2 amide bonds. The van der Waals surface area contributed by atoms with Gasteiger partial charge in [-0.3, -0.25) is 14.3 Å². The van der Waals surface area contributed by atoms with Crippen LogP contribution in [0, 0.1) is 18.9 Å². The van der Waals surface area contributed by atoms with Crippen molar-refractivity contribution in [3.63, 3.8) is 0 Å². The number of para-hydroxylation sites is 1. The minimum Gasteiger partial charge on any atom is -0.466 e. The van der Waals surface area contributed by atoms with Gasteiger partial charge in [0.2, 0.25) is 21.6 Å². The normalized spacial score (nSPS) is 15.0. The number of nitrogens with one attached hydrogen (secondary N) is 1. The lowest BCUT2D eigenvalue weighted by Gasteiger charge is -2.19. The Morgan fingerprint density at radius 1 is 1.26 bits per heavy atom. The molecule has 3 N–H and O–H groups in total. The van der Waals surface area contributed by atoms with Gasteiger partial charge in [-0.1, -0.05) is 35.7 Å². The first-order chi connectivity index (χ1) is 18.0. The number of amides is 2. The summed E-state index contributed by atoms with van der Waals surface area (Å²) in [7, 11) is -3.65. The molecule has 0 spiro atoms. The molecule has 1 aliphatic heterocycles. The Hall–Kier alpha value is -4.51. The topological polar surface area (TPSA) is 123 Å². The molecular weight excluding hydrogens is 528 g/mol. The molecule has 1 heterocycles. The van der Waals surface area contributed by atoms with E-state index in [2.05, 4.69) is 15.5 Å². The minimum absolute atomic E-state index is 0.0250. The Morgan fingerprint density at radius 2 is 2.03 bits per heavy atom. The Balaban J connectivity index is 1.64. The Labute approximate surface area is 225 Å². The third kappa shape index (κ3) is 5.57. The number of nitrogens with two attached hydrogens (primary N) is 1. The molecule has 3 aromatic rings. The smallest absolute Gasteiger partial charge is 0.250 e. The lowest BCUT2D eigenvalue weighted by Crippen LogP contribution is -2.25. The molecule has 11 heteroatoms. The zero-order chi connectivity index (χ0) is 27.6. The number of primary amides is 1. The molecule has 4 rings (SSSR count). The maximum Gasteiger partial charge on any atom is 0.250 e. The van der Waals surface area contributed by atoms with Crippen LogP contribution < -0.4 is 20.1 Å². The third-order valence-electron chi connectivity index (χ3n) is 5.91. The first-order valence-electron chi connectivity index (χ1n) is 11.2. The van der Waals surface area contributed by atoms with Crippen LogP contribution >= 0.6 is 11.6 Å². The summed E-state index contributed by atoms with van der Waals surface area (Å²) in [6, 6.07) is 14.4. The van der Waals surface area contributed by atoms with Crippen molar-refractivity contribution in [3.8, 4) is 23.8 Å². The number of carbonyl (C=O) groups is 2. The van der Waals surface area contributed by atoms with E-state index in [9.17, 15) is 18.0 Å². The third-order valence-corrected chi connectivity index (χ3v) is 6.80. The van der Waals surface area contributed by atoms with E-state index in [1.54, 1.807) is 42.5 Å². The zero-order valence-electron chi connectivity index (χ0n) is 20.1. The van der Waals surface area contributed by atoms with Crippen LogP contribution in [-0.4, -0.2) is 33.0 Å². The molecule has 0 radical (unpaired) electrons. The van der Waals surface area contributed by atoms with E-state index in [1.807, 2.05) is 0 Å². The summed E-state index contributed by atoms with van der Waals surface area (Å²) in [5.74, 6) is 1.78. The number of nitrogens with zero attached hydrogens (tertiary/aromatic N) is 2. The second-order valence-corrected chi connectivity index (χ2v) is 10.7. The van der Waals surface area contributed by atoms with Crippen LogP contribution in [0.25, 0.3) is 4.85 Å². The maximum atomic E-state index is 13.0. The van der Waals surface area contributed by atoms with Gasteiger partial charge in [0, 0.05) is 24.6 Å². The van der Waals surface area contributed by atoms with Gasteiger partial charge in [-0.15, -0.1) is 6.42 Å². The van der Waals surface area contributed by atoms with Crippen molar-refractivity contribution in [2.45, 2.75) is 12.3 Å². The van der Waals surface area contributed by atoms with Crippen LogP contribution in [0.3, 0.4) is 0 Å². The summed E-state index contributed by atoms with van der Waals surface area (Å²) >= 11 is 6.27. The number of carbonyl (C=O) groups excluding carboxylic acids is 2. The summed E-state index contributed by atoms with van der Waals surface area (Å²) in [4.78, 5) is 29.9. The summed E-state index contributed by atoms with van der Waals surface area (Å²) in [5, 5.41) is 0.258. The molecule has 0 aromatic heterocycles. The number of sulfonamides is 1. The summed E-state index contributed by atoms with van der Waals surface area (Å²) in [6.45, 7) is 7.67. The molecule has 1 saturated heterocycles. The number of benzene rings is 3. The first-order valence-corrected chi connectivity index (χ1v) is 13.4. The number of terminal acetylenes is 1. The molecule has 0 saturated carbocycles. The Morgan fingerprint density at radius 3 is 2.68 bits per heavy atom. The van der Waals surface area contributed by atoms with Gasteiger partial charge in [-0.2, -0.15) is 0 Å². The summed E-state index contributed by atoms with van der Waals surface area (Å²) in [6.07, 6.45) is 6.79. The fourth-order valence-electron chi connectivity index (χ4n) is 4.17. The largest absolute Gasteiger partial charge is 0.466 e. The van der Waals surface area contributed by atoms with E-state index in [1.165, 1.54) is 17.0 Å². The number of hydrogen-bond acceptors (Lipinski definition) is 5. The molecular formula is C27H21ClN4O5S. The highest BCUT2D eigenvalue weighted by atomic mass is 35.5. The van der Waals surface area contributed by atoms with Gasteiger partial charge in [0.1, 0.15) is 5.75 Å². The van der Waals surface area contributed by atoms with Gasteiger partial charge in [0.05, 0.1) is 34.7 Å². The summed E-state index contributed by atoms with van der Waals surface area (Å²) < 4.78 is 31.5. The lowest BCUT2D eigenvalue weighted by molar-refractivity contribution is -0.117. The van der Waals surface area contributed by atoms with Crippen LogP contribution in [-0.2, 0) is 14.8 Å². The monoisotopic (exact) mass is 548 g/mol. The number of rotatable bonds is 7. The van der Waals surface area contributed by atoms with Gasteiger partial charge in [0.15, 0.2) is 5.75 Å². The van der Waals surface area contributed by atoms with Crippen molar-refractivity contribution in [1.82, 2.24) is 0 Å². The Kier molecular flexibility index (Phi) is 7.31. The molecule has 9 nitrogen and oxygen atoms in total. The predicted octanol–water partition coefficient (Wildman–Crippen LogP) is 4.66. The molecule has 0 unspecified atom stereocenters. The van der Waals surface area contributed by atoms with Crippen molar-refractivity contribution in [2.24, 2.45) is 5.73 Å². The highest BCUT2D eigenvalue weighted by molar-refractivity contribution is 7.92. The Bertz CT molecular complexity index is 1660. The van der Waals surface area contributed by atoms with Gasteiger partial charge in [0.25, 0.3) is 5.91 Å². The molecule has 3 aromatic carbocycles. The number of hydrogen-bond donors (Lipinski definition) is 2. The van der Waals surface area contributed by atoms with E-state index in [0.717, 1.165) is 11.8 Å². The molecule has 192 valence electrons. The van der Waals surface area contributed by atoms with Crippen LogP contribution in [0.5, 0.6) is 11.5 Å². The number of anilines is 2. The molecule has 1 aliphatic rings. The number of ether oxygens (including phenoxy) is 1. The molecule has 0 aliphatic carbocycles. The predicted molar refractivity (Wildman–Crippen MR) is 145 cm³/mol. The lowest BCUT2D eigenvalue weighted by atomic mass is 9.96. The van der Waals surface area contributed by atoms with Crippen LogP contribution in [0.2, 0.25) is 5.02 Å². The van der Waals surface area contributed by atoms with E-state index < -0.39 is 15.9 Å². The quantitative estimate of drug-likeness (QED) is 0.328. The van der Waals surface area contributed by atoms with Crippen molar-refractivity contribution in [1.29, 1.82) is 0 Å². The molecule has 1 fully saturated rings. The van der Waals surface area contributed by atoms with Gasteiger partial charge in [-0.25, -0.2) is 13.3 Å². The first kappa shape index (κ1) is 26.6.